The highest BCUT2D eigenvalue weighted by atomic mass is 16.5. The van der Waals surface area contributed by atoms with Gasteiger partial charge in [0.15, 0.2) is 0 Å². The molecule has 0 spiro atoms. The number of rotatable bonds is 7. The Morgan fingerprint density at radius 2 is 2.00 bits per heavy atom. The largest absolute Gasteiger partial charge is 0.397 e. The molecule has 2 rings (SSSR count). The van der Waals surface area contributed by atoms with Gasteiger partial charge in [0.1, 0.15) is 0 Å². The molecule has 1 aromatic heterocycles. The molecule has 0 fully saturated rings. The molecule has 0 radical (unpaired) electrons. The Balaban J connectivity index is 1.89. The lowest BCUT2D eigenvalue weighted by Crippen LogP contribution is -2.25. The third-order valence-corrected chi connectivity index (χ3v) is 3.25. The number of anilines is 1. The quantitative estimate of drug-likeness (QED) is 0.820. The van der Waals surface area contributed by atoms with Crippen molar-refractivity contribution in [2.24, 2.45) is 0 Å². The van der Waals surface area contributed by atoms with Crippen molar-refractivity contribution in [1.29, 1.82) is 0 Å². The number of carbonyl (C=O) groups is 1. The lowest BCUT2D eigenvalue weighted by molar-refractivity contribution is -0.120. The fraction of sp³-hybridized carbons (Fsp3) is 0.294. The van der Waals surface area contributed by atoms with Gasteiger partial charge < -0.3 is 15.8 Å². The number of carbonyl (C=O) groups excluding carboxylic acids is 1. The minimum atomic E-state index is -0.0662. The fourth-order valence-corrected chi connectivity index (χ4v) is 2.04. The number of amides is 1. The van der Waals surface area contributed by atoms with Crippen molar-refractivity contribution in [3.63, 3.8) is 0 Å². The van der Waals surface area contributed by atoms with Gasteiger partial charge in [-0.05, 0) is 30.2 Å². The van der Waals surface area contributed by atoms with Gasteiger partial charge >= 0.3 is 0 Å². The summed E-state index contributed by atoms with van der Waals surface area (Å²) in [7, 11) is 0. The van der Waals surface area contributed by atoms with E-state index in [0.717, 1.165) is 11.1 Å². The van der Waals surface area contributed by atoms with Gasteiger partial charge in [-0.1, -0.05) is 24.3 Å². The van der Waals surface area contributed by atoms with E-state index in [2.05, 4.69) is 10.3 Å². The average molecular weight is 299 g/mol. The SMILES string of the molecule is CCOCc1ccccc1CNC(=O)Cc1ccc(N)cn1. The summed E-state index contributed by atoms with van der Waals surface area (Å²) in [5, 5.41) is 2.91. The lowest BCUT2D eigenvalue weighted by atomic mass is 10.1. The van der Waals surface area contributed by atoms with Crippen LogP contribution in [0.2, 0.25) is 0 Å². The number of nitrogens with one attached hydrogen (secondary N) is 1. The zero-order valence-corrected chi connectivity index (χ0v) is 12.7. The van der Waals surface area contributed by atoms with Crippen molar-refractivity contribution >= 4 is 11.6 Å². The summed E-state index contributed by atoms with van der Waals surface area (Å²) < 4.78 is 5.44. The molecule has 2 aromatic rings. The molecule has 22 heavy (non-hydrogen) atoms. The summed E-state index contributed by atoms with van der Waals surface area (Å²) in [4.78, 5) is 16.1. The first-order valence-electron chi connectivity index (χ1n) is 7.30. The molecule has 1 amide bonds. The Morgan fingerprint density at radius 3 is 2.68 bits per heavy atom. The van der Waals surface area contributed by atoms with Crippen LogP contribution in [0.25, 0.3) is 0 Å². The summed E-state index contributed by atoms with van der Waals surface area (Å²) in [6.07, 6.45) is 1.80. The second-order valence-corrected chi connectivity index (χ2v) is 4.94. The number of nitrogen functional groups attached to an aromatic ring is 1. The van der Waals surface area contributed by atoms with Crippen LogP contribution >= 0.6 is 0 Å². The number of hydrogen-bond acceptors (Lipinski definition) is 4. The summed E-state index contributed by atoms with van der Waals surface area (Å²) in [6, 6.07) is 11.4. The first-order valence-corrected chi connectivity index (χ1v) is 7.30. The number of nitrogens with zero attached hydrogens (tertiary/aromatic N) is 1. The normalized spacial score (nSPS) is 10.4. The topological polar surface area (TPSA) is 77.2 Å². The molecular weight excluding hydrogens is 278 g/mol. The maximum Gasteiger partial charge on any atom is 0.226 e. The molecular formula is C17H21N3O2. The van der Waals surface area contributed by atoms with Crippen LogP contribution in [0.4, 0.5) is 5.69 Å². The minimum absolute atomic E-state index is 0.0662. The van der Waals surface area contributed by atoms with Crippen LogP contribution in [0, 0.1) is 0 Å². The summed E-state index contributed by atoms with van der Waals surface area (Å²) >= 11 is 0. The van der Waals surface area contributed by atoms with Crippen molar-refractivity contribution in [2.45, 2.75) is 26.5 Å². The first-order chi connectivity index (χ1) is 10.7. The summed E-state index contributed by atoms with van der Waals surface area (Å²) in [5.41, 5.74) is 9.03. The smallest absolute Gasteiger partial charge is 0.226 e. The van der Waals surface area contributed by atoms with Crippen LogP contribution < -0.4 is 11.1 Å². The van der Waals surface area contributed by atoms with E-state index < -0.39 is 0 Å². The Morgan fingerprint density at radius 1 is 1.23 bits per heavy atom. The molecule has 0 aliphatic heterocycles. The summed E-state index contributed by atoms with van der Waals surface area (Å²) in [5.74, 6) is -0.0662. The van der Waals surface area contributed by atoms with Crippen LogP contribution in [0.15, 0.2) is 42.6 Å². The van der Waals surface area contributed by atoms with E-state index in [1.165, 1.54) is 0 Å². The molecule has 5 nitrogen and oxygen atoms in total. The average Bonchev–Trinajstić information content (AvgIpc) is 2.54. The van der Waals surface area contributed by atoms with Crippen molar-refractivity contribution < 1.29 is 9.53 Å². The number of aromatic nitrogens is 1. The van der Waals surface area contributed by atoms with Gasteiger partial charge in [-0.25, -0.2) is 0 Å². The Bertz CT molecular complexity index is 612. The van der Waals surface area contributed by atoms with Gasteiger partial charge in [0, 0.05) is 18.8 Å². The highest BCUT2D eigenvalue weighted by Gasteiger charge is 2.06. The zero-order valence-electron chi connectivity index (χ0n) is 12.7. The molecule has 116 valence electrons. The molecule has 0 atom stereocenters. The van der Waals surface area contributed by atoms with E-state index in [4.69, 9.17) is 10.5 Å². The second-order valence-electron chi connectivity index (χ2n) is 4.94. The van der Waals surface area contributed by atoms with E-state index in [0.29, 0.717) is 31.1 Å². The second kappa shape index (κ2) is 8.14. The molecule has 5 heteroatoms. The van der Waals surface area contributed by atoms with Crippen molar-refractivity contribution in [3.05, 3.63) is 59.4 Å². The Labute approximate surface area is 130 Å². The molecule has 1 aromatic carbocycles. The number of ether oxygens (including phenoxy) is 1. The molecule has 0 saturated carbocycles. The third-order valence-electron chi connectivity index (χ3n) is 3.25. The van der Waals surface area contributed by atoms with E-state index >= 15 is 0 Å². The van der Waals surface area contributed by atoms with Crippen molar-refractivity contribution in [3.8, 4) is 0 Å². The number of pyridine rings is 1. The molecule has 0 bridgehead atoms. The van der Waals surface area contributed by atoms with Crippen LogP contribution in [0.3, 0.4) is 0 Å². The van der Waals surface area contributed by atoms with Crippen molar-refractivity contribution in [1.82, 2.24) is 10.3 Å². The Kier molecular flexibility index (Phi) is 5.91. The van der Waals surface area contributed by atoms with Gasteiger partial charge in [-0.3, -0.25) is 9.78 Å². The summed E-state index contributed by atoms with van der Waals surface area (Å²) in [6.45, 7) is 3.67. The molecule has 0 saturated heterocycles. The lowest BCUT2D eigenvalue weighted by Gasteiger charge is -2.10. The third kappa shape index (κ3) is 4.86. The standard InChI is InChI=1S/C17H21N3O2/c1-2-22-12-14-6-4-3-5-13(14)10-20-17(21)9-16-8-7-15(18)11-19-16/h3-8,11H,2,9-10,12,18H2,1H3,(H,20,21). The zero-order chi connectivity index (χ0) is 15.8. The number of hydrogen-bond donors (Lipinski definition) is 2. The fourth-order valence-electron chi connectivity index (χ4n) is 2.04. The predicted octanol–water partition coefficient (Wildman–Crippen LogP) is 2.06. The monoisotopic (exact) mass is 299 g/mol. The van der Waals surface area contributed by atoms with Crippen LogP contribution in [-0.2, 0) is 29.1 Å². The highest BCUT2D eigenvalue weighted by molar-refractivity contribution is 5.78. The van der Waals surface area contributed by atoms with Crippen LogP contribution in [0.5, 0.6) is 0 Å². The van der Waals surface area contributed by atoms with Gasteiger partial charge in [0.2, 0.25) is 5.91 Å². The van der Waals surface area contributed by atoms with Crippen molar-refractivity contribution in [2.75, 3.05) is 12.3 Å². The van der Waals surface area contributed by atoms with E-state index in [1.54, 1.807) is 18.3 Å². The minimum Gasteiger partial charge on any atom is -0.397 e. The van der Waals surface area contributed by atoms with E-state index in [-0.39, 0.29) is 12.3 Å². The highest BCUT2D eigenvalue weighted by Crippen LogP contribution is 2.10. The number of nitrogens with two attached hydrogens (primary N) is 1. The van der Waals surface area contributed by atoms with Gasteiger partial charge in [-0.15, -0.1) is 0 Å². The Hall–Kier alpha value is -2.40. The van der Waals surface area contributed by atoms with E-state index in [1.807, 2.05) is 31.2 Å². The maximum atomic E-state index is 12.0. The maximum absolute atomic E-state index is 12.0. The number of benzene rings is 1. The van der Waals surface area contributed by atoms with E-state index in [9.17, 15) is 4.79 Å². The molecule has 0 unspecified atom stereocenters. The predicted molar refractivity (Wildman–Crippen MR) is 86.0 cm³/mol. The van der Waals surface area contributed by atoms with Gasteiger partial charge in [-0.2, -0.15) is 0 Å². The van der Waals surface area contributed by atoms with Gasteiger partial charge in [0.25, 0.3) is 0 Å². The van der Waals surface area contributed by atoms with Crippen LogP contribution in [-0.4, -0.2) is 17.5 Å². The molecule has 0 aliphatic carbocycles. The van der Waals surface area contributed by atoms with Crippen LogP contribution in [0.1, 0.15) is 23.7 Å². The van der Waals surface area contributed by atoms with Gasteiger partial charge in [0.05, 0.1) is 24.9 Å². The first kappa shape index (κ1) is 16.0. The molecule has 3 N–H and O–H groups in total. The molecule has 0 aliphatic rings. The molecule has 1 heterocycles.